The van der Waals surface area contributed by atoms with Gasteiger partial charge in [-0.2, -0.15) is 8.78 Å². The smallest absolute Gasteiger partial charge is 0.387 e. The molecule has 2 N–H and O–H groups in total. The lowest BCUT2D eigenvalue weighted by molar-refractivity contribution is -0.0523. The molecule has 2 unspecified atom stereocenters. The Morgan fingerprint density at radius 3 is 2.50 bits per heavy atom. The summed E-state index contributed by atoms with van der Waals surface area (Å²) < 4.78 is 55.5. The molecule has 0 bridgehead atoms. The van der Waals surface area contributed by atoms with Crippen molar-refractivity contribution in [2.75, 3.05) is 6.54 Å². The Labute approximate surface area is 125 Å². The summed E-state index contributed by atoms with van der Waals surface area (Å²) >= 11 is 0. The molecular formula is C14H17F4NO3. The highest BCUT2D eigenvalue weighted by Gasteiger charge is 2.23. The van der Waals surface area contributed by atoms with Gasteiger partial charge in [-0.15, -0.1) is 0 Å². The Morgan fingerprint density at radius 1 is 1.32 bits per heavy atom. The molecule has 124 valence electrons. The van der Waals surface area contributed by atoms with Crippen LogP contribution in [0.1, 0.15) is 30.6 Å². The second-order valence-corrected chi connectivity index (χ2v) is 5.01. The fourth-order valence-corrected chi connectivity index (χ4v) is 1.95. The van der Waals surface area contributed by atoms with Crippen LogP contribution < -0.4 is 10.1 Å². The van der Waals surface area contributed by atoms with Crippen molar-refractivity contribution in [3.8, 4) is 5.75 Å². The van der Waals surface area contributed by atoms with Crippen LogP contribution in [0.15, 0.2) is 12.1 Å². The fourth-order valence-electron chi connectivity index (χ4n) is 1.95. The van der Waals surface area contributed by atoms with Gasteiger partial charge in [-0.3, -0.25) is 4.79 Å². The fraction of sp³-hybridized carbons (Fsp3) is 0.500. The van der Waals surface area contributed by atoms with Gasteiger partial charge in [0.15, 0.2) is 11.6 Å². The Bertz CT molecular complexity index is 523. The number of hydrogen-bond donors (Lipinski definition) is 2. The van der Waals surface area contributed by atoms with Gasteiger partial charge in [0.25, 0.3) is 5.91 Å². The number of ether oxygens (including phenoxy) is 1. The van der Waals surface area contributed by atoms with E-state index in [-0.39, 0.29) is 12.5 Å². The monoisotopic (exact) mass is 323 g/mol. The Balaban J connectivity index is 2.84. The van der Waals surface area contributed by atoms with Gasteiger partial charge in [0.2, 0.25) is 0 Å². The molecule has 0 aliphatic heterocycles. The van der Waals surface area contributed by atoms with Crippen molar-refractivity contribution in [2.45, 2.75) is 33.0 Å². The Morgan fingerprint density at radius 2 is 1.95 bits per heavy atom. The average molecular weight is 323 g/mol. The molecule has 0 aromatic heterocycles. The quantitative estimate of drug-likeness (QED) is 0.759. The number of carbonyl (C=O) groups is 1. The van der Waals surface area contributed by atoms with Gasteiger partial charge >= 0.3 is 6.61 Å². The second-order valence-electron chi connectivity index (χ2n) is 5.01. The van der Waals surface area contributed by atoms with Crippen LogP contribution in [0.25, 0.3) is 0 Å². The van der Waals surface area contributed by atoms with Crippen molar-refractivity contribution in [1.82, 2.24) is 5.32 Å². The number of carbonyl (C=O) groups excluding carboxylic acids is 1. The van der Waals surface area contributed by atoms with Gasteiger partial charge in [0.1, 0.15) is 11.4 Å². The maximum atomic E-state index is 13.9. The standard InChI is InChI=1S/C14H17F4NO3/c1-7(5-8(2)20)6-19-13(21)11-9(15)3-4-10(12(11)16)22-14(17)18/h3-4,7-8,14,20H,5-6H2,1-2H3,(H,19,21). The lowest BCUT2D eigenvalue weighted by Crippen LogP contribution is -2.31. The molecular weight excluding hydrogens is 306 g/mol. The number of aliphatic hydroxyl groups is 1. The molecule has 1 rings (SSSR count). The van der Waals surface area contributed by atoms with Crippen molar-refractivity contribution >= 4 is 5.91 Å². The lowest BCUT2D eigenvalue weighted by Gasteiger charge is -2.15. The SMILES string of the molecule is CC(O)CC(C)CNC(=O)c1c(F)ccc(OC(F)F)c1F. The number of halogens is 4. The number of nitrogens with one attached hydrogen (secondary N) is 1. The summed E-state index contributed by atoms with van der Waals surface area (Å²) in [5, 5.41) is 11.5. The molecule has 8 heteroatoms. The highest BCUT2D eigenvalue weighted by atomic mass is 19.3. The van der Waals surface area contributed by atoms with E-state index >= 15 is 0 Å². The number of alkyl halides is 2. The van der Waals surface area contributed by atoms with E-state index in [1.54, 1.807) is 13.8 Å². The van der Waals surface area contributed by atoms with Crippen LogP contribution in [-0.2, 0) is 0 Å². The predicted octanol–water partition coefficient (Wildman–Crippen LogP) is 2.70. The van der Waals surface area contributed by atoms with Gasteiger partial charge in [-0.05, 0) is 31.4 Å². The maximum Gasteiger partial charge on any atom is 0.387 e. The van der Waals surface area contributed by atoms with Crippen molar-refractivity contribution in [3.63, 3.8) is 0 Å². The number of aliphatic hydroxyl groups excluding tert-OH is 1. The molecule has 1 amide bonds. The first-order valence-electron chi connectivity index (χ1n) is 6.61. The minimum Gasteiger partial charge on any atom is -0.432 e. The number of rotatable bonds is 7. The van der Waals surface area contributed by atoms with Crippen LogP contribution >= 0.6 is 0 Å². The topological polar surface area (TPSA) is 58.6 Å². The number of amides is 1. The van der Waals surface area contributed by atoms with E-state index in [1.165, 1.54) is 0 Å². The first-order valence-corrected chi connectivity index (χ1v) is 6.61. The average Bonchev–Trinajstić information content (AvgIpc) is 2.39. The lowest BCUT2D eigenvalue weighted by atomic mass is 10.0. The molecule has 0 heterocycles. The molecule has 0 spiro atoms. The highest BCUT2D eigenvalue weighted by molar-refractivity contribution is 5.95. The van der Waals surface area contributed by atoms with Gasteiger partial charge in [-0.25, -0.2) is 8.78 Å². The summed E-state index contributed by atoms with van der Waals surface area (Å²) in [6.07, 6.45) is -0.192. The molecule has 2 atom stereocenters. The molecule has 4 nitrogen and oxygen atoms in total. The third-order valence-corrected chi connectivity index (χ3v) is 2.85. The molecule has 0 aliphatic rings. The Hall–Kier alpha value is -1.83. The largest absolute Gasteiger partial charge is 0.432 e. The van der Waals surface area contributed by atoms with Gasteiger partial charge in [-0.1, -0.05) is 6.92 Å². The van der Waals surface area contributed by atoms with E-state index in [1.807, 2.05) is 0 Å². The van der Waals surface area contributed by atoms with Gasteiger partial charge in [0.05, 0.1) is 6.10 Å². The van der Waals surface area contributed by atoms with Crippen molar-refractivity contribution in [1.29, 1.82) is 0 Å². The third-order valence-electron chi connectivity index (χ3n) is 2.85. The van der Waals surface area contributed by atoms with Gasteiger partial charge in [0, 0.05) is 6.54 Å². The second kappa shape index (κ2) is 7.98. The van der Waals surface area contributed by atoms with E-state index < -0.39 is 41.6 Å². The van der Waals surface area contributed by atoms with E-state index in [0.29, 0.717) is 18.6 Å². The molecule has 0 aliphatic carbocycles. The summed E-state index contributed by atoms with van der Waals surface area (Å²) in [5.41, 5.74) is -0.984. The highest BCUT2D eigenvalue weighted by Crippen LogP contribution is 2.24. The molecule has 0 fully saturated rings. The number of hydrogen-bond acceptors (Lipinski definition) is 3. The van der Waals surface area contributed by atoms with E-state index in [4.69, 9.17) is 0 Å². The zero-order valence-electron chi connectivity index (χ0n) is 12.1. The third kappa shape index (κ3) is 5.18. The number of benzene rings is 1. The Kier molecular flexibility index (Phi) is 6.61. The summed E-state index contributed by atoms with van der Waals surface area (Å²) in [6, 6.07) is 1.36. The minimum absolute atomic E-state index is 0.0720. The first kappa shape index (κ1) is 18.2. The van der Waals surface area contributed by atoms with Crippen LogP contribution in [0, 0.1) is 17.6 Å². The van der Waals surface area contributed by atoms with Gasteiger partial charge < -0.3 is 15.2 Å². The van der Waals surface area contributed by atoms with Crippen LogP contribution in [0.5, 0.6) is 5.75 Å². The van der Waals surface area contributed by atoms with Crippen LogP contribution in [0.4, 0.5) is 17.6 Å². The minimum atomic E-state index is -3.29. The zero-order chi connectivity index (χ0) is 16.9. The summed E-state index contributed by atoms with van der Waals surface area (Å²) in [7, 11) is 0. The van der Waals surface area contributed by atoms with Crippen molar-refractivity contribution < 1.29 is 32.2 Å². The maximum absolute atomic E-state index is 13.9. The molecule has 1 aromatic carbocycles. The van der Waals surface area contributed by atoms with Crippen LogP contribution in [-0.4, -0.2) is 30.3 Å². The summed E-state index contributed by atoms with van der Waals surface area (Å²) in [6.45, 7) is 0.0865. The molecule has 0 radical (unpaired) electrons. The van der Waals surface area contributed by atoms with E-state index in [2.05, 4.69) is 10.1 Å². The molecule has 22 heavy (non-hydrogen) atoms. The molecule has 1 aromatic rings. The van der Waals surface area contributed by atoms with Crippen molar-refractivity contribution in [3.05, 3.63) is 29.3 Å². The first-order chi connectivity index (χ1) is 10.2. The van der Waals surface area contributed by atoms with Crippen LogP contribution in [0.2, 0.25) is 0 Å². The zero-order valence-corrected chi connectivity index (χ0v) is 12.1. The van der Waals surface area contributed by atoms with Crippen molar-refractivity contribution in [2.24, 2.45) is 5.92 Å². The van der Waals surface area contributed by atoms with Crippen LogP contribution in [0.3, 0.4) is 0 Å². The van der Waals surface area contributed by atoms with E-state index in [0.717, 1.165) is 0 Å². The summed E-state index contributed by atoms with van der Waals surface area (Å²) in [4.78, 5) is 11.8. The molecule has 0 saturated carbocycles. The molecule has 0 saturated heterocycles. The van der Waals surface area contributed by atoms with E-state index in [9.17, 15) is 27.5 Å². The predicted molar refractivity (Wildman–Crippen MR) is 70.8 cm³/mol. The summed E-state index contributed by atoms with van der Waals surface area (Å²) in [5.74, 6) is -4.78. The normalized spacial score (nSPS) is 13.8.